The Morgan fingerprint density at radius 1 is 1.04 bits per heavy atom. The van der Waals surface area contributed by atoms with Crippen LogP contribution >= 0.6 is 0 Å². The molecule has 4 rings (SSSR count). The average molecular weight is 342 g/mol. The number of benzene rings is 2. The number of ether oxygens (including phenoxy) is 2. The molecule has 0 bridgehead atoms. The van der Waals surface area contributed by atoms with Crippen LogP contribution in [0.1, 0.15) is 5.56 Å². The van der Waals surface area contributed by atoms with E-state index in [4.69, 9.17) is 9.47 Å². The van der Waals surface area contributed by atoms with Gasteiger partial charge in [-0.1, -0.05) is 0 Å². The highest BCUT2D eigenvalue weighted by Gasteiger charge is 2.22. The van der Waals surface area contributed by atoms with Crippen LogP contribution in [0.4, 0.5) is 11.4 Å². The number of quaternary nitrogens is 1. The summed E-state index contributed by atoms with van der Waals surface area (Å²) in [5, 5.41) is 10.7. The van der Waals surface area contributed by atoms with Gasteiger partial charge in [0.25, 0.3) is 5.69 Å². The van der Waals surface area contributed by atoms with Gasteiger partial charge < -0.3 is 19.3 Å². The standard InChI is InChI=1S/C18H19N3O4/c22-21(23)16-4-2-15(3-5-16)20-9-7-19(8-10-20)12-14-1-6-17-18(11-14)25-13-24-17/h1-6,11H,7-10,12-13H2/p+1. The zero-order valence-electron chi connectivity index (χ0n) is 13.8. The molecule has 1 fully saturated rings. The van der Waals surface area contributed by atoms with Crippen molar-refractivity contribution >= 4 is 11.4 Å². The van der Waals surface area contributed by atoms with E-state index in [0.717, 1.165) is 49.9 Å². The van der Waals surface area contributed by atoms with Gasteiger partial charge in [-0.25, -0.2) is 0 Å². The van der Waals surface area contributed by atoms with Crippen LogP contribution in [0, 0.1) is 10.1 Å². The molecular formula is C18H20N3O4+. The lowest BCUT2D eigenvalue weighted by Crippen LogP contribution is -3.13. The first kappa shape index (κ1) is 15.7. The SMILES string of the molecule is O=[N+]([O-])c1ccc(N2CC[NH+](Cc3ccc4c(c3)OCO4)CC2)cc1. The largest absolute Gasteiger partial charge is 0.454 e. The van der Waals surface area contributed by atoms with Gasteiger partial charge in [0.15, 0.2) is 11.5 Å². The minimum absolute atomic E-state index is 0.135. The Morgan fingerprint density at radius 2 is 1.76 bits per heavy atom. The van der Waals surface area contributed by atoms with Gasteiger partial charge in [0.05, 0.1) is 31.1 Å². The van der Waals surface area contributed by atoms with Crippen molar-refractivity contribution in [1.82, 2.24) is 0 Å². The molecule has 1 saturated heterocycles. The molecule has 2 aromatic carbocycles. The number of nitrogens with zero attached hydrogens (tertiary/aromatic N) is 2. The van der Waals surface area contributed by atoms with Crippen molar-refractivity contribution in [3.63, 3.8) is 0 Å². The van der Waals surface area contributed by atoms with Gasteiger partial charge in [-0.05, 0) is 30.3 Å². The third-order valence-electron chi connectivity index (χ3n) is 4.79. The van der Waals surface area contributed by atoms with Crippen molar-refractivity contribution < 1.29 is 19.3 Å². The third-order valence-corrected chi connectivity index (χ3v) is 4.79. The predicted octanol–water partition coefficient (Wildman–Crippen LogP) is 1.23. The van der Waals surface area contributed by atoms with E-state index >= 15 is 0 Å². The van der Waals surface area contributed by atoms with Crippen LogP contribution in [-0.4, -0.2) is 37.9 Å². The molecule has 0 aliphatic carbocycles. The molecular weight excluding hydrogens is 322 g/mol. The summed E-state index contributed by atoms with van der Waals surface area (Å²) in [5.41, 5.74) is 2.44. The fourth-order valence-corrected chi connectivity index (χ4v) is 3.38. The van der Waals surface area contributed by atoms with Crippen molar-refractivity contribution in [3.05, 3.63) is 58.1 Å². The Bertz CT molecular complexity index is 770. The zero-order valence-corrected chi connectivity index (χ0v) is 13.8. The van der Waals surface area contributed by atoms with Crippen LogP contribution in [-0.2, 0) is 6.54 Å². The molecule has 0 aromatic heterocycles. The summed E-state index contributed by atoms with van der Waals surface area (Å²) in [5.74, 6) is 1.66. The maximum atomic E-state index is 10.7. The van der Waals surface area contributed by atoms with E-state index in [1.54, 1.807) is 12.1 Å². The molecule has 1 N–H and O–H groups in total. The monoisotopic (exact) mass is 342 g/mol. The Morgan fingerprint density at radius 3 is 2.48 bits per heavy atom. The molecule has 2 aromatic rings. The van der Waals surface area contributed by atoms with Gasteiger partial charge in [-0.3, -0.25) is 10.1 Å². The number of hydrogen-bond donors (Lipinski definition) is 1. The number of nitrogens with one attached hydrogen (secondary N) is 1. The van der Waals surface area contributed by atoms with Crippen LogP contribution in [0.25, 0.3) is 0 Å². The molecule has 2 aliphatic heterocycles. The lowest BCUT2D eigenvalue weighted by molar-refractivity contribution is -0.914. The van der Waals surface area contributed by atoms with E-state index in [2.05, 4.69) is 17.0 Å². The molecule has 7 heteroatoms. The zero-order chi connectivity index (χ0) is 17.2. The fourth-order valence-electron chi connectivity index (χ4n) is 3.38. The van der Waals surface area contributed by atoms with Gasteiger partial charge >= 0.3 is 0 Å². The van der Waals surface area contributed by atoms with E-state index < -0.39 is 0 Å². The highest BCUT2D eigenvalue weighted by Crippen LogP contribution is 2.32. The van der Waals surface area contributed by atoms with E-state index in [1.807, 2.05) is 18.2 Å². The van der Waals surface area contributed by atoms with Gasteiger partial charge in [-0.15, -0.1) is 0 Å². The summed E-state index contributed by atoms with van der Waals surface area (Å²) in [6, 6.07) is 13.0. The average Bonchev–Trinajstić information content (AvgIpc) is 3.10. The van der Waals surface area contributed by atoms with Crippen LogP contribution in [0.5, 0.6) is 11.5 Å². The molecule has 0 saturated carbocycles. The van der Waals surface area contributed by atoms with Crippen molar-refractivity contribution in [3.8, 4) is 11.5 Å². The Kier molecular flexibility index (Phi) is 4.15. The van der Waals surface area contributed by atoms with E-state index in [0.29, 0.717) is 6.79 Å². The van der Waals surface area contributed by atoms with Gasteiger partial charge in [-0.2, -0.15) is 0 Å². The lowest BCUT2D eigenvalue weighted by atomic mass is 10.1. The van der Waals surface area contributed by atoms with Gasteiger partial charge in [0.1, 0.15) is 6.54 Å². The Balaban J connectivity index is 1.34. The number of hydrogen-bond acceptors (Lipinski definition) is 5. The second-order valence-corrected chi connectivity index (χ2v) is 6.37. The summed E-state index contributed by atoms with van der Waals surface area (Å²) < 4.78 is 10.8. The van der Waals surface area contributed by atoms with E-state index in [-0.39, 0.29) is 10.6 Å². The van der Waals surface area contributed by atoms with E-state index in [1.165, 1.54) is 10.5 Å². The Labute approximate surface area is 145 Å². The van der Waals surface area contributed by atoms with E-state index in [9.17, 15) is 10.1 Å². The van der Waals surface area contributed by atoms with Crippen LogP contribution in [0.2, 0.25) is 0 Å². The van der Waals surface area contributed by atoms with Crippen molar-refractivity contribution in [2.45, 2.75) is 6.54 Å². The van der Waals surface area contributed by atoms with Crippen molar-refractivity contribution in [1.29, 1.82) is 0 Å². The van der Waals surface area contributed by atoms with Gasteiger partial charge in [0.2, 0.25) is 6.79 Å². The molecule has 0 radical (unpaired) electrons. The first-order valence-electron chi connectivity index (χ1n) is 8.40. The molecule has 0 amide bonds. The fraction of sp³-hybridized carbons (Fsp3) is 0.333. The number of rotatable bonds is 4. The molecule has 0 spiro atoms. The second-order valence-electron chi connectivity index (χ2n) is 6.37. The molecule has 2 heterocycles. The number of nitro benzene ring substituents is 1. The highest BCUT2D eigenvalue weighted by atomic mass is 16.7. The second kappa shape index (κ2) is 6.60. The quantitative estimate of drug-likeness (QED) is 0.669. The number of nitro groups is 1. The lowest BCUT2D eigenvalue weighted by Gasteiger charge is -2.33. The maximum absolute atomic E-state index is 10.7. The first-order valence-corrected chi connectivity index (χ1v) is 8.40. The molecule has 0 unspecified atom stereocenters. The van der Waals surface area contributed by atoms with Crippen LogP contribution < -0.4 is 19.3 Å². The van der Waals surface area contributed by atoms with Crippen molar-refractivity contribution in [2.75, 3.05) is 37.9 Å². The van der Waals surface area contributed by atoms with Crippen molar-refractivity contribution in [2.24, 2.45) is 0 Å². The molecule has 130 valence electrons. The summed E-state index contributed by atoms with van der Waals surface area (Å²) in [4.78, 5) is 14.2. The van der Waals surface area contributed by atoms with Gasteiger partial charge in [0, 0.05) is 23.4 Å². The number of anilines is 1. The normalized spacial score (nSPS) is 16.9. The minimum atomic E-state index is -0.364. The summed E-state index contributed by atoms with van der Waals surface area (Å²) in [7, 11) is 0. The Hall–Kier alpha value is -2.80. The smallest absolute Gasteiger partial charge is 0.269 e. The highest BCUT2D eigenvalue weighted by molar-refractivity contribution is 5.51. The maximum Gasteiger partial charge on any atom is 0.269 e. The predicted molar refractivity (Wildman–Crippen MR) is 92.3 cm³/mol. The summed E-state index contributed by atoms with van der Waals surface area (Å²) in [6.45, 7) is 5.22. The topological polar surface area (TPSA) is 69.3 Å². The molecule has 0 atom stereocenters. The summed E-state index contributed by atoms with van der Waals surface area (Å²) >= 11 is 0. The number of non-ortho nitro benzene ring substituents is 1. The molecule has 2 aliphatic rings. The molecule has 25 heavy (non-hydrogen) atoms. The van der Waals surface area contributed by atoms with Crippen LogP contribution in [0.3, 0.4) is 0 Å². The van der Waals surface area contributed by atoms with Crippen LogP contribution in [0.15, 0.2) is 42.5 Å². The minimum Gasteiger partial charge on any atom is -0.454 e. The number of piperazine rings is 1. The molecule has 7 nitrogen and oxygen atoms in total. The summed E-state index contributed by atoms with van der Waals surface area (Å²) in [6.07, 6.45) is 0. The number of fused-ring (bicyclic) bond motifs is 1. The third kappa shape index (κ3) is 3.36. The first-order chi connectivity index (χ1) is 12.2.